The number of aromatic nitrogens is 2. The molecule has 0 saturated heterocycles. The van der Waals surface area contributed by atoms with Crippen LogP contribution in [0.4, 0.5) is 0 Å². The normalized spacial score (nSPS) is 10.6. The number of carboxylic acids is 1. The van der Waals surface area contributed by atoms with E-state index < -0.39 is 5.97 Å². The van der Waals surface area contributed by atoms with Gasteiger partial charge in [-0.2, -0.15) is 4.98 Å². The highest BCUT2D eigenvalue weighted by Gasteiger charge is 2.13. The first-order chi connectivity index (χ1) is 7.66. The third-order valence-corrected chi connectivity index (χ3v) is 2.12. The van der Waals surface area contributed by atoms with E-state index in [1.165, 1.54) is 6.26 Å². The third kappa shape index (κ3) is 2.10. The molecule has 16 heavy (non-hydrogen) atoms. The molecule has 2 aromatic rings. The topological polar surface area (TPSA) is 89.4 Å². The monoisotopic (exact) mass is 222 g/mol. The van der Waals surface area contributed by atoms with Gasteiger partial charge < -0.3 is 14.0 Å². The third-order valence-electron chi connectivity index (χ3n) is 2.12. The molecule has 0 amide bonds. The van der Waals surface area contributed by atoms with Crippen LogP contribution in [0.5, 0.6) is 0 Å². The van der Waals surface area contributed by atoms with Gasteiger partial charge in [-0.05, 0) is 13.0 Å². The molecule has 1 N–H and O–H groups in total. The van der Waals surface area contributed by atoms with Crippen molar-refractivity contribution >= 4 is 5.97 Å². The van der Waals surface area contributed by atoms with Crippen LogP contribution < -0.4 is 0 Å². The summed E-state index contributed by atoms with van der Waals surface area (Å²) in [5.74, 6) is 0.550. The predicted molar refractivity (Wildman–Crippen MR) is 52.7 cm³/mol. The number of hydrogen-bond acceptors (Lipinski definition) is 5. The van der Waals surface area contributed by atoms with Crippen LogP contribution in [-0.4, -0.2) is 21.2 Å². The average Bonchev–Trinajstić information content (AvgIpc) is 2.83. The Morgan fingerprint density at radius 1 is 1.56 bits per heavy atom. The molecule has 2 aromatic heterocycles. The zero-order valence-corrected chi connectivity index (χ0v) is 8.64. The summed E-state index contributed by atoms with van der Waals surface area (Å²) in [5, 5.41) is 12.3. The fourth-order valence-corrected chi connectivity index (χ4v) is 1.30. The Bertz CT molecular complexity index is 500. The van der Waals surface area contributed by atoms with E-state index >= 15 is 0 Å². The maximum absolute atomic E-state index is 10.4. The van der Waals surface area contributed by atoms with Gasteiger partial charge in [-0.25, -0.2) is 0 Å². The molecule has 0 unspecified atom stereocenters. The second kappa shape index (κ2) is 4.18. The lowest BCUT2D eigenvalue weighted by Crippen LogP contribution is -1.97. The molecule has 0 atom stereocenters. The lowest BCUT2D eigenvalue weighted by Gasteiger charge is -1.88. The molecule has 6 heteroatoms. The van der Waals surface area contributed by atoms with E-state index in [2.05, 4.69) is 10.1 Å². The summed E-state index contributed by atoms with van der Waals surface area (Å²) in [7, 11) is 0. The molecule has 2 heterocycles. The second-order valence-electron chi connectivity index (χ2n) is 3.30. The van der Waals surface area contributed by atoms with E-state index in [0.29, 0.717) is 17.5 Å². The van der Waals surface area contributed by atoms with Crippen molar-refractivity contribution in [2.45, 2.75) is 19.8 Å². The molecule has 0 saturated carbocycles. The molecule has 0 aliphatic carbocycles. The Morgan fingerprint density at radius 2 is 2.38 bits per heavy atom. The number of aliphatic carboxylic acids is 1. The van der Waals surface area contributed by atoms with Gasteiger partial charge in [0.1, 0.15) is 5.76 Å². The number of nitrogens with zero attached hydrogens (tertiary/aromatic N) is 2. The van der Waals surface area contributed by atoms with Crippen molar-refractivity contribution in [3.8, 4) is 11.4 Å². The molecular weight excluding hydrogens is 212 g/mol. The van der Waals surface area contributed by atoms with Gasteiger partial charge in [0.25, 0.3) is 0 Å². The number of hydrogen-bond donors (Lipinski definition) is 1. The Hall–Kier alpha value is -2.11. The van der Waals surface area contributed by atoms with Crippen LogP contribution in [0.2, 0.25) is 0 Å². The molecule has 0 aromatic carbocycles. The lowest BCUT2D eigenvalue weighted by atomic mass is 10.2. The molecule has 0 bridgehead atoms. The van der Waals surface area contributed by atoms with Gasteiger partial charge in [0, 0.05) is 6.42 Å². The molecule has 0 aliphatic rings. The fraction of sp³-hybridized carbons (Fsp3) is 0.300. The van der Waals surface area contributed by atoms with Crippen molar-refractivity contribution in [1.29, 1.82) is 0 Å². The summed E-state index contributed by atoms with van der Waals surface area (Å²) in [6.45, 7) is 1.79. The van der Waals surface area contributed by atoms with Crippen LogP contribution in [0.3, 0.4) is 0 Å². The standard InChI is InChI=1S/C10H10N2O4/c1-6-7(4-5-15-6)10-11-8(16-12-10)2-3-9(13)14/h4-5H,2-3H2,1H3,(H,13,14). The second-order valence-corrected chi connectivity index (χ2v) is 3.30. The summed E-state index contributed by atoms with van der Waals surface area (Å²) in [6, 6.07) is 1.74. The minimum atomic E-state index is -0.890. The van der Waals surface area contributed by atoms with Crippen molar-refractivity contribution in [3.05, 3.63) is 24.0 Å². The quantitative estimate of drug-likeness (QED) is 0.845. The van der Waals surface area contributed by atoms with Gasteiger partial charge in [0.05, 0.1) is 18.2 Å². The first-order valence-corrected chi connectivity index (χ1v) is 4.75. The predicted octanol–water partition coefficient (Wildman–Crippen LogP) is 1.66. The van der Waals surface area contributed by atoms with Crippen LogP contribution >= 0.6 is 0 Å². The van der Waals surface area contributed by atoms with Crippen LogP contribution in [0, 0.1) is 6.92 Å². The molecule has 0 spiro atoms. The van der Waals surface area contributed by atoms with Crippen molar-refractivity contribution in [2.24, 2.45) is 0 Å². The van der Waals surface area contributed by atoms with E-state index in [1.807, 2.05) is 0 Å². The number of carboxylic acid groups (broad SMARTS) is 1. The minimum Gasteiger partial charge on any atom is -0.481 e. The van der Waals surface area contributed by atoms with Crippen molar-refractivity contribution in [3.63, 3.8) is 0 Å². The highest BCUT2D eigenvalue weighted by Crippen LogP contribution is 2.21. The van der Waals surface area contributed by atoms with Crippen LogP contribution in [-0.2, 0) is 11.2 Å². The van der Waals surface area contributed by atoms with Gasteiger partial charge in [0.2, 0.25) is 11.7 Å². The maximum atomic E-state index is 10.4. The van der Waals surface area contributed by atoms with Crippen LogP contribution in [0.25, 0.3) is 11.4 Å². The fourth-order valence-electron chi connectivity index (χ4n) is 1.30. The SMILES string of the molecule is Cc1occc1-c1noc(CCC(=O)O)n1. The Balaban J connectivity index is 2.14. The van der Waals surface area contributed by atoms with Crippen LogP contribution in [0.1, 0.15) is 18.1 Å². The maximum Gasteiger partial charge on any atom is 0.303 e. The molecule has 6 nitrogen and oxygen atoms in total. The van der Waals surface area contributed by atoms with E-state index in [1.54, 1.807) is 13.0 Å². The summed E-state index contributed by atoms with van der Waals surface area (Å²) < 4.78 is 10.0. The molecule has 2 rings (SSSR count). The number of furan rings is 1. The Labute approximate surface area is 90.9 Å². The van der Waals surface area contributed by atoms with Crippen molar-refractivity contribution < 1.29 is 18.8 Å². The number of rotatable bonds is 4. The van der Waals surface area contributed by atoms with Gasteiger partial charge >= 0.3 is 5.97 Å². The molecular formula is C10H10N2O4. The smallest absolute Gasteiger partial charge is 0.303 e. The Morgan fingerprint density at radius 3 is 3.00 bits per heavy atom. The summed E-state index contributed by atoms with van der Waals surface area (Å²) in [4.78, 5) is 14.4. The van der Waals surface area contributed by atoms with E-state index in [-0.39, 0.29) is 12.8 Å². The first kappa shape index (κ1) is 10.4. The summed E-state index contributed by atoms with van der Waals surface area (Å²) in [6.07, 6.45) is 1.75. The lowest BCUT2D eigenvalue weighted by molar-refractivity contribution is -0.137. The highest BCUT2D eigenvalue weighted by atomic mass is 16.5. The summed E-state index contributed by atoms with van der Waals surface area (Å²) in [5.41, 5.74) is 0.755. The first-order valence-electron chi connectivity index (χ1n) is 4.75. The van der Waals surface area contributed by atoms with Gasteiger partial charge in [-0.1, -0.05) is 5.16 Å². The van der Waals surface area contributed by atoms with Gasteiger partial charge in [-0.3, -0.25) is 4.79 Å². The van der Waals surface area contributed by atoms with E-state index in [4.69, 9.17) is 14.0 Å². The minimum absolute atomic E-state index is 0.0218. The Kier molecular flexibility index (Phi) is 2.72. The summed E-state index contributed by atoms with van der Waals surface area (Å²) >= 11 is 0. The number of aryl methyl sites for hydroxylation is 2. The molecule has 0 radical (unpaired) electrons. The van der Waals surface area contributed by atoms with Gasteiger partial charge in [-0.15, -0.1) is 0 Å². The highest BCUT2D eigenvalue weighted by molar-refractivity contribution is 5.66. The molecule has 84 valence electrons. The molecule has 0 fully saturated rings. The van der Waals surface area contributed by atoms with E-state index in [9.17, 15) is 4.79 Å². The number of carbonyl (C=O) groups is 1. The van der Waals surface area contributed by atoms with Crippen LogP contribution in [0.15, 0.2) is 21.3 Å². The van der Waals surface area contributed by atoms with Gasteiger partial charge in [0.15, 0.2) is 0 Å². The van der Waals surface area contributed by atoms with Crippen molar-refractivity contribution in [1.82, 2.24) is 10.1 Å². The zero-order chi connectivity index (χ0) is 11.5. The largest absolute Gasteiger partial charge is 0.481 e. The average molecular weight is 222 g/mol. The van der Waals surface area contributed by atoms with Crippen molar-refractivity contribution in [2.75, 3.05) is 0 Å². The van der Waals surface area contributed by atoms with E-state index in [0.717, 1.165) is 5.56 Å². The zero-order valence-electron chi connectivity index (χ0n) is 8.64. The molecule has 0 aliphatic heterocycles.